The number of benzene rings is 4. The molecule has 7 nitrogen and oxygen atoms in total. The number of nitrogens with zero attached hydrogens (tertiary/aromatic N) is 1. The molecular weight excluding hydrogens is 538 g/mol. The number of carbonyl (C=O) groups excluding carboxylic acids is 1. The van der Waals surface area contributed by atoms with Crippen LogP contribution in [0.25, 0.3) is 22.6 Å². The molecule has 218 valence electrons. The lowest BCUT2D eigenvalue weighted by atomic mass is 9.98. The Morgan fingerprint density at radius 1 is 0.837 bits per heavy atom. The van der Waals surface area contributed by atoms with E-state index >= 15 is 0 Å². The SMILES string of the molecule is Cc1oc(-c2ccccc2)nc1CCOc1ccc(CNCCNC(=O)OCC2c3ccccc3-c3ccccc32)cc1. The lowest BCUT2D eigenvalue weighted by Gasteiger charge is -2.14. The van der Waals surface area contributed by atoms with Gasteiger partial charge in [-0.2, -0.15) is 0 Å². The first-order valence-corrected chi connectivity index (χ1v) is 14.7. The molecule has 5 aromatic rings. The first-order valence-electron chi connectivity index (χ1n) is 14.7. The van der Waals surface area contributed by atoms with E-state index in [1.807, 2.05) is 85.8 Å². The van der Waals surface area contributed by atoms with Crippen molar-refractivity contribution in [2.24, 2.45) is 0 Å². The summed E-state index contributed by atoms with van der Waals surface area (Å²) in [6.45, 7) is 4.56. The molecule has 43 heavy (non-hydrogen) atoms. The van der Waals surface area contributed by atoms with Crippen LogP contribution in [0, 0.1) is 6.92 Å². The van der Waals surface area contributed by atoms with Gasteiger partial charge in [0.1, 0.15) is 18.1 Å². The Balaban J connectivity index is 0.879. The van der Waals surface area contributed by atoms with Crippen molar-refractivity contribution < 1.29 is 18.7 Å². The minimum absolute atomic E-state index is 0.0576. The van der Waals surface area contributed by atoms with Crippen molar-refractivity contribution in [2.45, 2.75) is 25.8 Å². The fourth-order valence-electron chi connectivity index (χ4n) is 5.47. The summed E-state index contributed by atoms with van der Waals surface area (Å²) >= 11 is 0. The van der Waals surface area contributed by atoms with E-state index in [9.17, 15) is 4.79 Å². The molecular formula is C36H35N3O4. The zero-order valence-corrected chi connectivity index (χ0v) is 24.2. The number of hydrogen-bond acceptors (Lipinski definition) is 6. The minimum atomic E-state index is -0.401. The van der Waals surface area contributed by atoms with Crippen molar-refractivity contribution >= 4 is 6.09 Å². The molecule has 0 unspecified atom stereocenters. The van der Waals surface area contributed by atoms with Crippen molar-refractivity contribution in [3.63, 3.8) is 0 Å². The third-order valence-electron chi connectivity index (χ3n) is 7.69. The second kappa shape index (κ2) is 13.4. The molecule has 0 fully saturated rings. The predicted molar refractivity (Wildman–Crippen MR) is 167 cm³/mol. The molecule has 7 heteroatoms. The Kier molecular flexibility index (Phi) is 8.80. The summed E-state index contributed by atoms with van der Waals surface area (Å²) in [6.07, 6.45) is 0.268. The van der Waals surface area contributed by atoms with Crippen LogP contribution < -0.4 is 15.4 Å². The molecule has 0 saturated carbocycles. The van der Waals surface area contributed by atoms with Gasteiger partial charge in [0.05, 0.1) is 12.3 Å². The van der Waals surface area contributed by atoms with Gasteiger partial charge in [0.2, 0.25) is 5.89 Å². The highest BCUT2D eigenvalue weighted by Crippen LogP contribution is 2.44. The maximum absolute atomic E-state index is 12.4. The molecule has 0 atom stereocenters. The lowest BCUT2D eigenvalue weighted by molar-refractivity contribution is 0.143. The fraction of sp³-hybridized carbons (Fsp3) is 0.222. The minimum Gasteiger partial charge on any atom is -0.493 e. The molecule has 2 N–H and O–H groups in total. The number of aryl methyl sites for hydroxylation is 1. The van der Waals surface area contributed by atoms with Gasteiger partial charge in [0, 0.05) is 37.5 Å². The van der Waals surface area contributed by atoms with E-state index in [-0.39, 0.29) is 5.92 Å². The van der Waals surface area contributed by atoms with Crippen molar-refractivity contribution in [3.8, 4) is 28.3 Å². The summed E-state index contributed by atoms with van der Waals surface area (Å²) in [5.41, 5.74) is 7.86. The Morgan fingerprint density at radius 3 is 2.23 bits per heavy atom. The number of aromatic nitrogens is 1. The van der Waals surface area contributed by atoms with Gasteiger partial charge in [0.15, 0.2) is 0 Å². The largest absolute Gasteiger partial charge is 0.493 e. The second-order valence-electron chi connectivity index (χ2n) is 10.6. The van der Waals surface area contributed by atoms with E-state index in [0.717, 1.165) is 28.3 Å². The van der Waals surface area contributed by atoms with Gasteiger partial charge in [-0.15, -0.1) is 0 Å². The van der Waals surface area contributed by atoms with E-state index in [4.69, 9.17) is 13.9 Å². The maximum Gasteiger partial charge on any atom is 0.407 e. The zero-order valence-electron chi connectivity index (χ0n) is 24.2. The van der Waals surface area contributed by atoms with Crippen LogP contribution in [-0.4, -0.2) is 37.4 Å². The number of carbonyl (C=O) groups is 1. The summed E-state index contributed by atoms with van der Waals surface area (Å²) in [5.74, 6) is 2.32. The van der Waals surface area contributed by atoms with E-state index in [2.05, 4.69) is 39.9 Å². The first kappa shape index (κ1) is 28.2. The summed E-state index contributed by atoms with van der Waals surface area (Å²) in [4.78, 5) is 17.0. The van der Waals surface area contributed by atoms with E-state index in [1.54, 1.807) is 0 Å². The summed E-state index contributed by atoms with van der Waals surface area (Å²) < 4.78 is 17.4. The van der Waals surface area contributed by atoms with Gasteiger partial charge >= 0.3 is 6.09 Å². The van der Waals surface area contributed by atoms with Crippen LogP contribution in [0.5, 0.6) is 5.75 Å². The van der Waals surface area contributed by atoms with Gasteiger partial charge in [-0.3, -0.25) is 0 Å². The lowest BCUT2D eigenvalue weighted by Crippen LogP contribution is -2.32. The number of alkyl carbamates (subject to hydrolysis) is 1. The number of oxazole rings is 1. The highest BCUT2D eigenvalue weighted by atomic mass is 16.5. The molecule has 6 rings (SSSR count). The van der Waals surface area contributed by atoms with Crippen molar-refractivity contribution in [1.82, 2.24) is 15.6 Å². The predicted octanol–water partition coefficient (Wildman–Crippen LogP) is 6.90. The van der Waals surface area contributed by atoms with Crippen molar-refractivity contribution in [3.05, 3.63) is 131 Å². The molecule has 0 saturated heterocycles. The van der Waals surface area contributed by atoms with Gasteiger partial charge < -0.3 is 24.5 Å². The van der Waals surface area contributed by atoms with Crippen LogP contribution >= 0.6 is 0 Å². The number of rotatable bonds is 12. The van der Waals surface area contributed by atoms with Gasteiger partial charge in [-0.25, -0.2) is 9.78 Å². The maximum atomic E-state index is 12.4. The fourth-order valence-corrected chi connectivity index (χ4v) is 5.47. The summed E-state index contributed by atoms with van der Waals surface area (Å²) in [6, 6.07) is 34.6. The number of amides is 1. The van der Waals surface area contributed by atoms with Crippen LogP contribution in [0.3, 0.4) is 0 Å². The molecule has 4 aromatic carbocycles. The summed E-state index contributed by atoms with van der Waals surface area (Å²) in [7, 11) is 0. The number of nitrogens with one attached hydrogen (secondary N) is 2. The number of fused-ring (bicyclic) bond motifs is 3. The Labute approximate surface area is 251 Å². The van der Waals surface area contributed by atoms with Gasteiger partial charge in [-0.1, -0.05) is 78.9 Å². The standard InChI is InChI=1S/C36H35N3O4/c1-25-34(39-35(43-25)27-9-3-2-4-10-27)19-22-41-28-17-15-26(16-18-28)23-37-20-21-38-36(40)42-24-33-31-13-7-5-11-29(31)30-12-6-8-14-32(30)33/h2-18,33,37H,19-24H2,1H3,(H,38,40). The second-order valence-corrected chi connectivity index (χ2v) is 10.6. The van der Waals surface area contributed by atoms with E-state index < -0.39 is 6.09 Å². The number of hydrogen-bond donors (Lipinski definition) is 2. The van der Waals surface area contributed by atoms with Crippen LogP contribution in [-0.2, 0) is 17.7 Å². The Bertz CT molecular complexity index is 1620. The number of ether oxygens (including phenoxy) is 2. The summed E-state index contributed by atoms with van der Waals surface area (Å²) in [5, 5.41) is 6.20. The van der Waals surface area contributed by atoms with Crippen molar-refractivity contribution in [2.75, 3.05) is 26.3 Å². The molecule has 1 aliphatic rings. The highest BCUT2D eigenvalue weighted by Gasteiger charge is 2.28. The third-order valence-corrected chi connectivity index (χ3v) is 7.69. The van der Waals surface area contributed by atoms with E-state index in [1.165, 1.54) is 22.3 Å². The Morgan fingerprint density at radius 2 is 1.51 bits per heavy atom. The third kappa shape index (κ3) is 6.79. The quantitative estimate of drug-likeness (QED) is 0.158. The topological polar surface area (TPSA) is 85.6 Å². The molecule has 1 aliphatic carbocycles. The average molecular weight is 574 g/mol. The van der Waals surface area contributed by atoms with Gasteiger partial charge in [0.25, 0.3) is 0 Å². The Hall–Kier alpha value is -4.88. The normalized spacial score (nSPS) is 12.0. The first-order chi connectivity index (χ1) is 21.2. The molecule has 0 radical (unpaired) electrons. The molecule has 0 bridgehead atoms. The molecule has 0 spiro atoms. The van der Waals surface area contributed by atoms with Crippen LogP contribution in [0.2, 0.25) is 0 Å². The average Bonchev–Trinajstić information content (AvgIpc) is 3.58. The molecule has 1 amide bonds. The zero-order chi connectivity index (χ0) is 29.4. The van der Waals surface area contributed by atoms with Crippen LogP contribution in [0.15, 0.2) is 108 Å². The smallest absolute Gasteiger partial charge is 0.407 e. The molecule has 1 heterocycles. The highest BCUT2D eigenvalue weighted by molar-refractivity contribution is 5.79. The monoisotopic (exact) mass is 573 g/mol. The molecule has 0 aliphatic heterocycles. The van der Waals surface area contributed by atoms with Gasteiger partial charge in [-0.05, 0) is 59.0 Å². The van der Waals surface area contributed by atoms with Crippen LogP contribution in [0.1, 0.15) is 34.1 Å². The van der Waals surface area contributed by atoms with Crippen molar-refractivity contribution in [1.29, 1.82) is 0 Å². The molecule has 1 aromatic heterocycles. The van der Waals surface area contributed by atoms with Crippen LogP contribution in [0.4, 0.5) is 4.79 Å². The van der Waals surface area contributed by atoms with E-state index in [0.29, 0.717) is 45.2 Å².